The van der Waals surface area contributed by atoms with E-state index in [1.807, 2.05) is 37.3 Å². The normalized spacial score (nSPS) is 11.1. The van der Waals surface area contributed by atoms with Gasteiger partial charge in [-0.05, 0) is 49.8 Å². The Bertz CT molecular complexity index is 1380. The van der Waals surface area contributed by atoms with Crippen LogP contribution in [0.5, 0.6) is 5.75 Å². The maximum atomic E-state index is 12.9. The van der Waals surface area contributed by atoms with Crippen molar-refractivity contribution in [3.63, 3.8) is 0 Å². The van der Waals surface area contributed by atoms with E-state index in [0.717, 1.165) is 35.2 Å². The summed E-state index contributed by atoms with van der Waals surface area (Å²) in [5.41, 5.74) is 2.91. The zero-order valence-electron chi connectivity index (χ0n) is 20.3. The average Bonchev–Trinajstić information content (AvgIpc) is 3.51. The van der Waals surface area contributed by atoms with Crippen LogP contribution in [0.25, 0.3) is 11.0 Å². The summed E-state index contributed by atoms with van der Waals surface area (Å²) >= 11 is 3.40. The van der Waals surface area contributed by atoms with E-state index in [1.54, 1.807) is 6.07 Å². The highest BCUT2D eigenvalue weighted by Gasteiger charge is 2.22. The van der Waals surface area contributed by atoms with Gasteiger partial charge >= 0.3 is 0 Å². The van der Waals surface area contributed by atoms with Crippen molar-refractivity contribution in [3.05, 3.63) is 64.1 Å². The first-order valence-electron chi connectivity index (χ1n) is 11.6. The number of nitrogens with one attached hydrogen (secondary N) is 4. The van der Waals surface area contributed by atoms with Crippen LogP contribution in [0, 0.1) is 6.92 Å². The molecule has 2 amide bonds. The van der Waals surface area contributed by atoms with Crippen molar-refractivity contribution >= 4 is 50.4 Å². The second-order valence-corrected chi connectivity index (χ2v) is 9.05. The summed E-state index contributed by atoms with van der Waals surface area (Å²) in [5.74, 6) is -0.0808. The number of rotatable bonds is 10. The molecule has 0 aliphatic heterocycles. The molecule has 10 nitrogen and oxygen atoms in total. The van der Waals surface area contributed by atoms with Gasteiger partial charge in [0.15, 0.2) is 5.69 Å². The topological polar surface area (TPSA) is 128 Å². The molecule has 0 spiro atoms. The first-order chi connectivity index (χ1) is 17.4. The highest BCUT2D eigenvalue weighted by molar-refractivity contribution is 9.10. The third kappa shape index (κ3) is 5.92. The number of fused-ring (bicyclic) bond motifs is 1. The number of carbonyl (C=O) groups excluding carboxylic acids is 2. The number of H-pyrrole nitrogens is 2. The predicted molar refractivity (Wildman–Crippen MR) is 143 cm³/mol. The van der Waals surface area contributed by atoms with Crippen LogP contribution < -0.4 is 15.4 Å². The molecular weight excluding hydrogens is 526 g/mol. The van der Waals surface area contributed by atoms with Gasteiger partial charge in [-0.3, -0.25) is 14.9 Å². The standard InChI is InChI=1S/C25H28BrN7O3/c1-4-33(5-2)10-11-36-17-8-9-18-20(13-17)31-25(30-18)32-24(35)22-21(27-14-28-22)23(34)29-19-12-16(26)7-6-15(19)3/h6-9,12-14H,4-5,10-11H2,1-3H3,(H,27,28)(H,29,34)(H2,30,31,32,35). The van der Waals surface area contributed by atoms with E-state index in [2.05, 4.69) is 65.2 Å². The molecule has 0 unspecified atom stereocenters. The number of carbonyl (C=O) groups is 2. The molecule has 11 heteroatoms. The molecule has 0 saturated heterocycles. The van der Waals surface area contributed by atoms with Gasteiger partial charge < -0.3 is 24.9 Å². The molecule has 188 valence electrons. The molecule has 0 aliphatic carbocycles. The minimum atomic E-state index is -0.543. The Labute approximate surface area is 217 Å². The molecule has 2 aromatic heterocycles. The number of anilines is 2. The van der Waals surface area contributed by atoms with E-state index in [1.165, 1.54) is 6.33 Å². The number of aromatic nitrogens is 4. The van der Waals surface area contributed by atoms with Crippen LogP contribution in [0.1, 0.15) is 40.4 Å². The number of ether oxygens (including phenoxy) is 1. The summed E-state index contributed by atoms with van der Waals surface area (Å²) in [5, 5.41) is 5.49. The Morgan fingerprint density at radius 2 is 1.89 bits per heavy atom. The molecule has 2 aromatic carbocycles. The van der Waals surface area contributed by atoms with E-state index >= 15 is 0 Å². The molecule has 4 N–H and O–H groups in total. The molecule has 0 saturated carbocycles. The first-order valence-corrected chi connectivity index (χ1v) is 12.4. The van der Waals surface area contributed by atoms with Crippen molar-refractivity contribution in [1.82, 2.24) is 24.8 Å². The minimum absolute atomic E-state index is 0.0214. The Morgan fingerprint density at radius 1 is 1.08 bits per heavy atom. The molecule has 0 aliphatic rings. The number of amides is 2. The van der Waals surface area contributed by atoms with Gasteiger partial charge in [0.1, 0.15) is 18.1 Å². The van der Waals surface area contributed by atoms with E-state index < -0.39 is 11.8 Å². The summed E-state index contributed by atoms with van der Waals surface area (Å²) in [6.45, 7) is 9.50. The highest BCUT2D eigenvalue weighted by Crippen LogP contribution is 2.23. The van der Waals surface area contributed by atoms with Crippen molar-refractivity contribution in [2.45, 2.75) is 20.8 Å². The molecular formula is C25H28BrN7O3. The van der Waals surface area contributed by atoms with Crippen molar-refractivity contribution in [2.24, 2.45) is 0 Å². The number of hydrogen-bond donors (Lipinski definition) is 4. The number of halogens is 1. The molecule has 0 atom stereocenters. The van der Waals surface area contributed by atoms with Crippen molar-refractivity contribution in [2.75, 3.05) is 36.9 Å². The smallest absolute Gasteiger partial charge is 0.276 e. The lowest BCUT2D eigenvalue weighted by Crippen LogP contribution is -2.27. The first kappa shape index (κ1) is 25.4. The van der Waals surface area contributed by atoms with Crippen LogP contribution in [-0.2, 0) is 0 Å². The summed E-state index contributed by atoms with van der Waals surface area (Å²) in [6, 6.07) is 11.1. The van der Waals surface area contributed by atoms with Gasteiger partial charge in [-0.2, -0.15) is 0 Å². The van der Waals surface area contributed by atoms with Gasteiger partial charge in [0.25, 0.3) is 11.8 Å². The van der Waals surface area contributed by atoms with Crippen LogP contribution in [-0.4, -0.2) is 62.9 Å². The number of aromatic amines is 2. The van der Waals surface area contributed by atoms with Gasteiger partial charge in [0, 0.05) is 22.8 Å². The lowest BCUT2D eigenvalue weighted by atomic mass is 10.2. The number of nitrogens with zero attached hydrogens (tertiary/aromatic N) is 3. The summed E-state index contributed by atoms with van der Waals surface area (Å²) < 4.78 is 6.69. The van der Waals surface area contributed by atoms with E-state index in [4.69, 9.17) is 4.74 Å². The van der Waals surface area contributed by atoms with Crippen LogP contribution in [0.15, 0.2) is 47.2 Å². The number of benzene rings is 2. The molecule has 2 heterocycles. The maximum absolute atomic E-state index is 12.9. The zero-order chi connectivity index (χ0) is 25.7. The SMILES string of the molecule is CCN(CC)CCOc1ccc2nc(NC(=O)c3[nH]cnc3C(=O)Nc3cc(Br)ccc3C)[nH]c2c1. The van der Waals surface area contributed by atoms with E-state index in [9.17, 15) is 9.59 Å². The van der Waals surface area contributed by atoms with Gasteiger partial charge in [-0.25, -0.2) is 9.97 Å². The summed E-state index contributed by atoms with van der Waals surface area (Å²) in [6.07, 6.45) is 1.30. The van der Waals surface area contributed by atoms with Gasteiger partial charge in [-0.15, -0.1) is 0 Å². The highest BCUT2D eigenvalue weighted by atomic mass is 79.9. The van der Waals surface area contributed by atoms with E-state index in [0.29, 0.717) is 23.6 Å². The molecule has 4 aromatic rings. The van der Waals surface area contributed by atoms with Crippen molar-refractivity contribution < 1.29 is 14.3 Å². The van der Waals surface area contributed by atoms with E-state index in [-0.39, 0.29) is 17.3 Å². The Hall–Kier alpha value is -3.70. The number of hydrogen-bond acceptors (Lipinski definition) is 6. The second kappa shape index (κ2) is 11.4. The fraction of sp³-hybridized carbons (Fsp3) is 0.280. The molecule has 0 radical (unpaired) electrons. The lowest BCUT2D eigenvalue weighted by molar-refractivity contribution is 0.0985. The van der Waals surface area contributed by atoms with Crippen molar-refractivity contribution in [1.29, 1.82) is 0 Å². The van der Waals surface area contributed by atoms with Crippen LogP contribution in [0.2, 0.25) is 0 Å². The fourth-order valence-electron chi connectivity index (χ4n) is 3.69. The summed E-state index contributed by atoms with van der Waals surface area (Å²) in [7, 11) is 0. The monoisotopic (exact) mass is 553 g/mol. The number of likely N-dealkylation sites (N-methyl/N-ethyl adjacent to an activating group) is 1. The van der Waals surface area contributed by atoms with Crippen LogP contribution >= 0.6 is 15.9 Å². The van der Waals surface area contributed by atoms with Crippen molar-refractivity contribution in [3.8, 4) is 5.75 Å². The third-order valence-corrected chi connectivity index (χ3v) is 6.28. The largest absolute Gasteiger partial charge is 0.492 e. The van der Waals surface area contributed by atoms with Gasteiger partial charge in [0.05, 0.1) is 17.4 Å². The number of aryl methyl sites for hydroxylation is 1. The Morgan fingerprint density at radius 3 is 2.67 bits per heavy atom. The Balaban J connectivity index is 1.43. The summed E-state index contributed by atoms with van der Waals surface area (Å²) in [4.78, 5) is 42.3. The van der Waals surface area contributed by atoms with Crippen LogP contribution in [0.4, 0.5) is 11.6 Å². The number of imidazole rings is 2. The average molecular weight is 554 g/mol. The third-order valence-electron chi connectivity index (χ3n) is 5.79. The molecule has 4 rings (SSSR count). The zero-order valence-corrected chi connectivity index (χ0v) is 21.9. The second-order valence-electron chi connectivity index (χ2n) is 8.13. The predicted octanol–water partition coefficient (Wildman–Crippen LogP) is 4.58. The molecule has 0 fully saturated rings. The maximum Gasteiger partial charge on any atom is 0.276 e. The van der Waals surface area contributed by atoms with Gasteiger partial charge in [-0.1, -0.05) is 35.8 Å². The fourth-order valence-corrected chi connectivity index (χ4v) is 4.05. The minimum Gasteiger partial charge on any atom is -0.492 e. The molecule has 0 bridgehead atoms. The lowest BCUT2D eigenvalue weighted by Gasteiger charge is -2.17. The Kier molecular flexibility index (Phi) is 8.01. The molecule has 36 heavy (non-hydrogen) atoms. The quantitative estimate of drug-likeness (QED) is 0.227. The van der Waals surface area contributed by atoms with Crippen LogP contribution in [0.3, 0.4) is 0 Å². The van der Waals surface area contributed by atoms with Gasteiger partial charge in [0.2, 0.25) is 5.95 Å².